The molecule has 108 valence electrons. The van der Waals surface area contributed by atoms with Crippen LogP contribution in [-0.4, -0.2) is 43.2 Å². The highest BCUT2D eigenvalue weighted by molar-refractivity contribution is 7.89. The Morgan fingerprint density at radius 3 is 2.90 bits per heavy atom. The van der Waals surface area contributed by atoms with Gasteiger partial charge in [0.15, 0.2) is 0 Å². The average Bonchev–Trinajstić information content (AvgIpc) is 2.90. The first-order valence-corrected chi connectivity index (χ1v) is 8.12. The molecule has 3 rings (SSSR count). The van der Waals surface area contributed by atoms with E-state index in [-0.39, 0.29) is 28.6 Å². The summed E-state index contributed by atoms with van der Waals surface area (Å²) in [5.41, 5.74) is 0. The fourth-order valence-corrected chi connectivity index (χ4v) is 4.57. The number of rotatable bonds is 2. The number of amides is 1. The highest BCUT2D eigenvalue weighted by Gasteiger charge is 2.45. The van der Waals surface area contributed by atoms with Crippen LogP contribution in [0.25, 0.3) is 0 Å². The molecule has 0 radical (unpaired) electrons. The predicted octanol–water partition coefficient (Wildman–Crippen LogP) is 0.0842. The molecule has 0 unspecified atom stereocenters. The quantitative estimate of drug-likeness (QED) is 0.838. The Bertz CT molecular complexity index is 617. The topological polar surface area (TPSA) is 79.4 Å². The van der Waals surface area contributed by atoms with Crippen LogP contribution in [0.15, 0.2) is 29.4 Å². The highest BCUT2D eigenvalue weighted by atomic mass is 32.2. The first-order chi connectivity index (χ1) is 9.50. The molecule has 2 aliphatic heterocycles. The molecular weight excluding hydrogens is 278 g/mol. The fraction of sp³-hybridized carbons (Fsp3) is 0.538. The lowest BCUT2D eigenvalue weighted by Gasteiger charge is -2.29. The molecule has 2 fully saturated rings. The summed E-state index contributed by atoms with van der Waals surface area (Å²) >= 11 is 0. The monoisotopic (exact) mass is 295 g/mol. The van der Waals surface area contributed by atoms with Crippen molar-refractivity contribution in [2.24, 2.45) is 17.8 Å². The number of nitrogens with one attached hydrogen (secondary N) is 1. The van der Waals surface area contributed by atoms with E-state index in [2.05, 4.69) is 10.3 Å². The van der Waals surface area contributed by atoms with Crippen molar-refractivity contribution in [1.82, 2.24) is 14.6 Å². The van der Waals surface area contributed by atoms with Gasteiger partial charge in [-0.1, -0.05) is 6.92 Å². The molecule has 3 atom stereocenters. The van der Waals surface area contributed by atoms with E-state index < -0.39 is 10.0 Å². The molecule has 1 amide bonds. The van der Waals surface area contributed by atoms with Crippen molar-refractivity contribution in [3.8, 4) is 0 Å². The Kier molecular flexibility index (Phi) is 3.25. The SMILES string of the molecule is C[C@@H]1C(=O)NC[C@H]2CN(S(=O)(=O)c3cccnc3)C[C@H]21. The second-order valence-corrected chi connectivity index (χ2v) is 7.41. The van der Waals surface area contributed by atoms with E-state index in [0.29, 0.717) is 19.6 Å². The zero-order valence-corrected chi connectivity index (χ0v) is 12.0. The lowest BCUT2D eigenvalue weighted by molar-refractivity contribution is -0.128. The molecule has 1 aromatic rings. The fourth-order valence-electron chi connectivity index (χ4n) is 3.07. The van der Waals surface area contributed by atoms with E-state index in [9.17, 15) is 13.2 Å². The third kappa shape index (κ3) is 2.10. The number of hydrogen-bond donors (Lipinski definition) is 1. The molecular formula is C13H17N3O3S. The Balaban J connectivity index is 1.85. The number of nitrogens with zero attached hydrogens (tertiary/aromatic N) is 2. The Labute approximate surface area is 118 Å². The second kappa shape index (κ2) is 4.82. The normalized spacial score (nSPS) is 30.9. The lowest BCUT2D eigenvalue weighted by atomic mass is 9.81. The van der Waals surface area contributed by atoms with E-state index in [0.717, 1.165) is 0 Å². The molecule has 3 heterocycles. The average molecular weight is 295 g/mol. The van der Waals surface area contributed by atoms with Crippen LogP contribution < -0.4 is 5.32 Å². The Morgan fingerprint density at radius 1 is 1.40 bits per heavy atom. The first-order valence-electron chi connectivity index (χ1n) is 6.68. The van der Waals surface area contributed by atoms with Crippen LogP contribution in [-0.2, 0) is 14.8 Å². The number of sulfonamides is 1. The maximum absolute atomic E-state index is 12.5. The van der Waals surface area contributed by atoms with Gasteiger partial charge in [-0.15, -0.1) is 0 Å². The van der Waals surface area contributed by atoms with Crippen molar-refractivity contribution < 1.29 is 13.2 Å². The smallest absolute Gasteiger partial charge is 0.244 e. The Hall–Kier alpha value is -1.47. The Morgan fingerprint density at radius 2 is 2.20 bits per heavy atom. The number of carbonyl (C=O) groups is 1. The number of aromatic nitrogens is 1. The van der Waals surface area contributed by atoms with Crippen LogP contribution >= 0.6 is 0 Å². The van der Waals surface area contributed by atoms with Gasteiger partial charge < -0.3 is 5.32 Å². The molecule has 2 saturated heterocycles. The summed E-state index contributed by atoms with van der Waals surface area (Å²) in [6, 6.07) is 3.17. The minimum absolute atomic E-state index is 0.0203. The van der Waals surface area contributed by atoms with Crippen molar-refractivity contribution in [3.05, 3.63) is 24.5 Å². The second-order valence-electron chi connectivity index (χ2n) is 5.47. The maximum atomic E-state index is 12.5. The summed E-state index contributed by atoms with van der Waals surface area (Å²) in [4.78, 5) is 15.8. The van der Waals surface area contributed by atoms with Gasteiger partial charge in [-0.05, 0) is 24.0 Å². The predicted molar refractivity (Wildman–Crippen MR) is 72.1 cm³/mol. The number of fused-ring (bicyclic) bond motifs is 1. The molecule has 6 nitrogen and oxygen atoms in total. The number of piperidine rings is 1. The molecule has 1 aromatic heterocycles. The van der Waals surface area contributed by atoms with Crippen LogP contribution in [0, 0.1) is 17.8 Å². The van der Waals surface area contributed by atoms with Gasteiger partial charge in [0, 0.05) is 37.9 Å². The van der Waals surface area contributed by atoms with E-state index in [1.54, 1.807) is 18.3 Å². The van der Waals surface area contributed by atoms with Crippen molar-refractivity contribution >= 4 is 15.9 Å². The molecule has 0 spiro atoms. The zero-order chi connectivity index (χ0) is 14.3. The van der Waals surface area contributed by atoms with E-state index >= 15 is 0 Å². The van der Waals surface area contributed by atoms with E-state index in [1.165, 1.54) is 10.5 Å². The standard InChI is InChI=1S/C13H17N3O3S/c1-9-12-8-16(7-10(12)5-15-13(9)17)20(18,19)11-3-2-4-14-6-11/h2-4,6,9-10,12H,5,7-8H2,1H3,(H,15,17)/t9-,10-,12-/m0/s1. The molecule has 20 heavy (non-hydrogen) atoms. The van der Waals surface area contributed by atoms with Crippen LogP contribution in [0.3, 0.4) is 0 Å². The van der Waals surface area contributed by atoms with Gasteiger partial charge in [-0.3, -0.25) is 9.78 Å². The highest BCUT2D eigenvalue weighted by Crippen LogP contribution is 2.35. The summed E-state index contributed by atoms with van der Waals surface area (Å²) in [5.74, 6) is 0.194. The van der Waals surface area contributed by atoms with Gasteiger partial charge in [0.25, 0.3) is 0 Å². The van der Waals surface area contributed by atoms with Gasteiger partial charge in [0.2, 0.25) is 15.9 Å². The van der Waals surface area contributed by atoms with Crippen LogP contribution in [0.4, 0.5) is 0 Å². The van der Waals surface area contributed by atoms with Gasteiger partial charge >= 0.3 is 0 Å². The van der Waals surface area contributed by atoms with Gasteiger partial charge in [-0.25, -0.2) is 8.42 Å². The molecule has 0 bridgehead atoms. The summed E-state index contributed by atoms with van der Waals surface area (Å²) in [6.45, 7) is 3.31. The minimum Gasteiger partial charge on any atom is -0.356 e. The van der Waals surface area contributed by atoms with Gasteiger partial charge in [-0.2, -0.15) is 4.31 Å². The molecule has 0 saturated carbocycles. The van der Waals surface area contributed by atoms with Crippen LogP contribution in [0.5, 0.6) is 0 Å². The van der Waals surface area contributed by atoms with Gasteiger partial charge in [0.05, 0.1) is 0 Å². The number of hydrogen-bond acceptors (Lipinski definition) is 4. The molecule has 1 N–H and O–H groups in total. The molecule has 2 aliphatic rings. The molecule has 0 aromatic carbocycles. The van der Waals surface area contributed by atoms with Crippen LogP contribution in [0.1, 0.15) is 6.92 Å². The number of carbonyl (C=O) groups excluding carboxylic acids is 1. The van der Waals surface area contributed by atoms with E-state index in [1.807, 2.05) is 6.92 Å². The summed E-state index contributed by atoms with van der Waals surface area (Å²) in [7, 11) is -3.51. The minimum atomic E-state index is -3.51. The van der Waals surface area contributed by atoms with Crippen molar-refractivity contribution in [3.63, 3.8) is 0 Å². The maximum Gasteiger partial charge on any atom is 0.244 e. The van der Waals surface area contributed by atoms with Crippen molar-refractivity contribution in [2.45, 2.75) is 11.8 Å². The largest absolute Gasteiger partial charge is 0.356 e. The van der Waals surface area contributed by atoms with Gasteiger partial charge in [0.1, 0.15) is 4.90 Å². The van der Waals surface area contributed by atoms with E-state index in [4.69, 9.17) is 0 Å². The third-order valence-corrected chi connectivity index (χ3v) is 6.14. The molecule has 0 aliphatic carbocycles. The number of pyridine rings is 1. The van der Waals surface area contributed by atoms with Crippen molar-refractivity contribution in [1.29, 1.82) is 0 Å². The summed E-state index contributed by atoms with van der Waals surface area (Å²) in [5, 5.41) is 2.84. The third-order valence-electron chi connectivity index (χ3n) is 4.32. The summed E-state index contributed by atoms with van der Waals surface area (Å²) < 4.78 is 26.6. The lowest BCUT2D eigenvalue weighted by Crippen LogP contribution is -2.46. The van der Waals surface area contributed by atoms with Crippen molar-refractivity contribution in [2.75, 3.05) is 19.6 Å². The zero-order valence-electron chi connectivity index (χ0n) is 11.2. The summed E-state index contributed by atoms with van der Waals surface area (Å²) in [6.07, 6.45) is 2.91. The first kappa shape index (κ1) is 13.5. The van der Waals surface area contributed by atoms with Crippen LogP contribution in [0.2, 0.25) is 0 Å². The molecule has 7 heteroatoms.